The fourth-order valence-electron chi connectivity index (χ4n) is 4.69. The predicted octanol–water partition coefficient (Wildman–Crippen LogP) is 4.01. The highest BCUT2D eigenvalue weighted by atomic mass is 16.2. The summed E-state index contributed by atoms with van der Waals surface area (Å²) in [5.74, 6) is 0.00893. The zero-order valence-corrected chi connectivity index (χ0v) is 18.4. The molecule has 0 unspecified atom stereocenters. The van der Waals surface area contributed by atoms with Crippen LogP contribution in [-0.4, -0.2) is 53.6 Å². The Labute approximate surface area is 184 Å². The molecule has 2 amide bonds. The second-order valence-electron chi connectivity index (χ2n) is 8.79. The van der Waals surface area contributed by atoms with Crippen LogP contribution in [0.1, 0.15) is 63.1 Å². The number of hydrogen-bond donors (Lipinski definition) is 0. The minimum absolute atomic E-state index is 0.00830. The standard InChI is InChI=1S/C26H30N2O3/c1-18-9-10-19(2)23(17-18)24(29)21-7-3-4-8-22(21)26(31)28-15-11-20(12-16-28)25(30)27-13-5-6-14-27/h3-4,7-10,17,20H,5-6,11-16H2,1-2H3. The van der Waals surface area contributed by atoms with E-state index in [1.54, 1.807) is 29.2 Å². The number of piperidine rings is 1. The van der Waals surface area contributed by atoms with Gasteiger partial charge >= 0.3 is 0 Å². The van der Waals surface area contributed by atoms with Crippen LogP contribution in [-0.2, 0) is 4.79 Å². The van der Waals surface area contributed by atoms with E-state index in [9.17, 15) is 14.4 Å². The van der Waals surface area contributed by atoms with Crippen molar-refractivity contribution in [3.05, 3.63) is 70.3 Å². The van der Waals surface area contributed by atoms with Crippen LogP contribution >= 0.6 is 0 Å². The van der Waals surface area contributed by atoms with E-state index in [-0.39, 0.29) is 23.5 Å². The Morgan fingerprint density at radius 3 is 2.10 bits per heavy atom. The van der Waals surface area contributed by atoms with Crippen molar-refractivity contribution in [2.75, 3.05) is 26.2 Å². The lowest BCUT2D eigenvalue weighted by Gasteiger charge is -2.33. The first kappa shape index (κ1) is 21.3. The van der Waals surface area contributed by atoms with Gasteiger partial charge in [0.25, 0.3) is 5.91 Å². The summed E-state index contributed by atoms with van der Waals surface area (Å²) in [5, 5.41) is 0. The van der Waals surface area contributed by atoms with Crippen LogP contribution < -0.4 is 0 Å². The van der Waals surface area contributed by atoms with Crippen LogP contribution in [0.3, 0.4) is 0 Å². The molecular weight excluding hydrogens is 388 g/mol. The SMILES string of the molecule is Cc1ccc(C)c(C(=O)c2ccccc2C(=O)N2CCC(C(=O)N3CCCC3)CC2)c1. The fourth-order valence-corrected chi connectivity index (χ4v) is 4.69. The predicted molar refractivity (Wildman–Crippen MR) is 120 cm³/mol. The van der Waals surface area contributed by atoms with Crippen LogP contribution in [0.15, 0.2) is 42.5 Å². The molecule has 5 heteroatoms. The maximum absolute atomic E-state index is 13.3. The summed E-state index contributed by atoms with van der Waals surface area (Å²) in [5.41, 5.74) is 3.44. The lowest BCUT2D eigenvalue weighted by Crippen LogP contribution is -2.44. The monoisotopic (exact) mass is 418 g/mol. The lowest BCUT2D eigenvalue weighted by atomic mass is 9.92. The van der Waals surface area contributed by atoms with Gasteiger partial charge in [0, 0.05) is 43.2 Å². The van der Waals surface area contributed by atoms with E-state index in [0.717, 1.165) is 37.1 Å². The van der Waals surface area contributed by atoms with Crippen LogP contribution in [0.25, 0.3) is 0 Å². The third-order valence-corrected chi connectivity index (χ3v) is 6.59. The summed E-state index contributed by atoms with van der Waals surface area (Å²) in [6, 6.07) is 12.9. The van der Waals surface area contributed by atoms with Gasteiger partial charge in [0.2, 0.25) is 5.91 Å². The summed E-state index contributed by atoms with van der Waals surface area (Å²) in [6.45, 7) is 6.71. The first-order chi connectivity index (χ1) is 15.0. The second kappa shape index (κ2) is 9.04. The molecule has 2 fully saturated rings. The smallest absolute Gasteiger partial charge is 0.254 e. The highest BCUT2D eigenvalue weighted by Gasteiger charge is 2.32. The lowest BCUT2D eigenvalue weighted by molar-refractivity contribution is -0.135. The van der Waals surface area contributed by atoms with E-state index in [0.29, 0.717) is 42.6 Å². The van der Waals surface area contributed by atoms with Gasteiger partial charge in [-0.05, 0) is 57.2 Å². The Kier molecular flexibility index (Phi) is 6.21. The van der Waals surface area contributed by atoms with E-state index in [2.05, 4.69) is 0 Å². The third kappa shape index (κ3) is 4.41. The zero-order chi connectivity index (χ0) is 22.0. The zero-order valence-electron chi connectivity index (χ0n) is 18.4. The summed E-state index contributed by atoms with van der Waals surface area (Å²) >= 11 is 0. The van der Waals surface area contributed by atoms with E-state index in [1.807, 2.05) is 36.9 Å². The molecular formula is C26H30N2O3. The molecule has 4 rings (SSSR count). The van der Waals surface area contributed by atoms with Crippen molar-refractivity contribution in [3.8, 4) is 0 Å². The Balaban J connectivity index is 1.49. The van der Waals surface area contributed by atoms with Crippen molar-refractivity contribution in [2.45, 2.75) is 39.5 Å². The Hall–Kier alpha value is -2.95. The maximum Gasteiger partial charge on any atom is 0.254 e. The number of aryl methyl sites for hydroxylation is 2. The molecule has 0 aromatic heterocycles. The van der Waals surface area contributed by atoms with Crippen LogP contribution in [0.4, 0.5) is 0 Å². The molecule has 0 N–H and O–H groups in total. The highest BCUT2D eigenvalue weighted by Crippen LogP contribution is 2.25. The third-order valence-electron chi connectivity index (χ3n) is 6.59. The van der Waals surface area contributed by atoms with Crippen molar-refractivity contribution in [1.29, 1.82) is 0 Å². The maximum atomic E-state index is 13.3. The Morgan fingerprint density at radius 2 is 1.42 bits per heavy atom. The molecule has 0 aliphatic carbocycles. The number of carbonyl (C=O) groups is 3. The second-order valence-corrected chi connectivity index (χ2v) is 8.79. The van der Waals surface area contributed by atoms with Gasteiger partial charge in [-0.3, -0.25) is 14.4 Å². The first-order valence-corrected chi connectivity index (χ1v) is 11.2. The fraction of sp³-hybridized carbons (Fsp3) is 0.423. The van der Waals surface area contributed by atoms with Gasteiger partial charge in [-0.2, -0.15) is 0 Å². The van der Waals surface area contributed by atoms with Crippen molar-refractivity contribution >= 4 is 17.6 Å². The van der Waals surface area contributed by atoms with Gasteiger partial charge in [0.05, 0.1) is 5.56 Å². The van der Waals surface area contributed by atoms with Crippen LogP contribution in [0.5, 0.6) is 0 Å². The van der Waals surface area contributed by atoms with E-state index < -0.39 is 0 Å². The van der Waals surface area contributed by atoms with Gasteiger partial charge in [0.15, 0.2) is 5.78 Å². The minimum atomic E-state index is -0.124. The number of ketones is 1. The molecule has 2 aliphatic rings. The molecule has 162 valence electrons. The number of benzene rings is 2. The van der Waals surface area contributed by atoms with Crippen LogP contribution in [0, 0.1) is 19.8 Å². The van der Waals surface area contributed by atoms with E-state index in [1.165, 1.54) is 0 Å². The molecule has 2 heterocycles. The van der Waals surface area contributed by atoms with Crippen molar-refractivity contribution in [2.24, 2.45) is 5.92 Å². The minimum Gasteiger partial charge on any atom is -0.342 e. The largest absolute Gasteiger partial charge is 0.342 e. The number of rotatable bonds is 4. The first-order valence-electron chi connectivity index (χ1n) is 11.2. The molecule has 5 nitrogen and oxygen atoms in total. The van der Waals surface area contributed by atoms with Gasteiger partial charge in [-0.15, -0.1) is 0 Å². The molecule has 31 heavy (non-hydrogen) atoms. The van der Waals surface area contributed by atoms with Crippen molar-refractivity contribution < 1.29 is 14.4 Å². The quantitative estimate of drug-likeness (QED) is 0.705. The summed E-state index contributed by atoms with van der Waals surface area (Å²) in [4.78, 5) is 43.1. The summed E-state index contributed by atoms with van der Waals surface area (Å²) in [7, 11) is 0. The Bertz CT molecular complexity index is 999. The topological polar surface area (TPSA) is 57.7 Å². The summed E-state index contributed by atoms with van der Waals surface area (Å²) in [6.07, 6.45) is 3.56. The average Bonchev–Trinajstić information content (AvgIpc) is 3.34. The number of likely N-dealkylation sites (tertiary alicyclic amines) is 2. The molecule has 2 saturated heterocycles. The molecule has 2 aromatic carbocycles. The van der Waals surface area contributed by atoms with Gasteiger partial charge in [-0.1, -0.05) is 35.9 Å². The molecule has 0 saturated carbocycles. The van der Waals surface area contributed by atoms with Gasteiger partial charge < -0.3 is 9.80 Å². The number of amides is 2. The van der Waals surface area contributed by atoms with Gasteiger partial charge in [0.1, 0.15) is 0 Å². The molecule has 0 radical (unpaired) electrons. The number of hydrogen-bond acceptors (Lipinski definition) is 3. The van der Waals surface area contributed by atoms with Gasteiger partial charge in [-0.25, -0.2) is 0 Å². The number of carbonyl (C=O) groups excluding carboxylic acids is 3. The van der Waals surface area contributed by atoms with Crippen molar-refractivity contribution in [3.63, 3.8) is 0 Å². The average molecular weight is 419 g/mol. The highest BCUT2D eigenvalue weighted by molar-refractivity contribution is 6.16. The molecule has 0 atom stereocenters. The van der Waals surface area contributed by atoms with Crippen molar-refractivity contribution in [1.82, 2.24) is 9.80 Å². The molecule has 0 spiro atoms. The number of nitrogens with zero attached hydrogens (tertiary/aromatic N) is 2. The van der Waals surface area contributed by atoms with Crippen LogP contribution in [0.2, 0.25) is 0 Å². The molecule has 0 bridgehead atoms. The summed E-state index contributed by atoms with van der Waals surface area (Å²) < 4.78 is 0. The van der Waals surface area contributed by atoms with E-state index in [4.69, 9.17) is 0 Å². The normalized spacial score (nSPS) is 17.1. The molecule has 2 aliphatic heterocycles. The molecule has 2 aromatic rings. The Morgan fingerprint density at radius 1 is 0.774 bits per heavy atom. The van der Waals surface area contributed by atoms with E-state index >= 15 is 0 Å².